The van der Waals surface area contributed by atoms with Crippen molar-refractivity contribution in [1.82, 2.24) is 0 Å². The summed E-state index contributed by atoms with van der Waals surface area (Å²) in [7, 11) is -3.03. The van der Waals surface area contributed by atoms with Crippen LogP contribution in [0.3, 0.4) is 0 Å². The van der Waals surface area contributed by atoms with E-state index in [1.54, 1.807) is 0 Å². The van der Waals surface area contributed by atoms with Crippen molar-refractivity contribution in [3.8, 4) is 5.75 Å². The van der Waals surface area contributed by atoms with Gasteiger partial charge in [-0.25, -0.2) is 8.42 Å². The SMILES string of the molecule is O=C(CC1CCS(=O)(=O)C1)Nc1ccc(OC(F)F)c(Cl)c1. The Morgan fingerprint density at radius 2 is 2.18 bits per heavy atom. The second kappa shape index (κ2) is 6.78. The first kappa shape index (κ1) is 17.0. The van der Waals surface area contributed by atoms with E-state index in [4.69, 9.17) is 11.6 Å². The Morgan fingerprint density at radius 1 is 1.45 bits per heavy atom. The topological polar surface area (TPSA) is 72.5 Å². The molecular weight excluding hydrogens is 340 g/mol. The number of alkyl halides is 2. The molecule has 0 radical (unpaired) electrons. The van der Waals surface area contributed by atoms with Crippen molar-refractivity contribution in [3.05, 3.63) is 23.2 Å². The number of rotatable bonds is 5. The number of ether oxygens (including phenoxy) is 1. The van der Waals surface area contributed by atoms with Crippen LogP contribution in [-0.4, -0.2) is 32.4 Å². The lowest BCUT2D eigenvalue weighted by Gasteiger charge is -2.11. The molecule has 0 spiro atoms. The van der Waals surface area contributed by atoms with Crippen LogP contribution in [-0.2, 0) is 14.6 Å². The van der Waals surface area contributed by atoms with Crippen LogP contribution >= 0.6 is 11.6 Å². The summed E-state index contributed by atoms with van der Waals surface area (Å²) in [5.74, 6) is -0.599. The third kappa shape index (κ3) is 4.81. The van der Waals surface area contributed by atoms with Crippen LogP contribution in [0.25, 0.3) is 0 Å². The number of hydrogen-bond donors (Lipinski definition) is 1. The van der Waals surface area contributed by atoms with Crippen molar-refractivity contribution in [2.75, 3.05) is 16.8 Å². The molecule has 0 bridgehead atoms. The fourth-order valence-corrected chi connectivity index (χ4v) is 4.36. The fourth-order valence-electron chi connectivity index (χ4n) is 2.28. The zero-order chi connectivity index (χ0) is 16.3. The number of hydrogen-bond acceptors (Lipinski definition) is 4. The maximum Gasteiger partial charge on any atom is 0.387 e. The van der Waals surface area contributed by atoms with Gasteiger partial charge < -0.3 is 10.1 Å². The molecule has 1 unspecified atom stereocenters. The summed E-state index contributed by atoms with van der Waals surface area (Å²) in [6.45, 7) is -2.98. The second-order valence-corrected chi connectivity index (χ2v) is 7.68. The van der Waals surface area contributed by atoms with E-state index in [1.807, 2.05) is 0 Å². The van der Waals surface area contributed by atoms with Gasteiger partial charge in [-0.05, 0) is 30.5 Å². The largest absolute Gasteiger partial charge is 0.433 e. The van der Waals surface area contributed by atoms with Crippen molar-refractivity contribution >= 4 is 33.0 Å². The fraction of sp³-hybridized carbons (Fsp3) is 0.462. The molecule has 1 aliphatic heterocycles. The Morgan fingerprint density at radius 3 is 2.73 bits per heavy atom. The quantitative estimate of drug-likeness (QED) is 0.883. The first-order valence-electron chi connectivity index (χ1n) is 6.50. The molecule has 1 fully saturated rings. The Hall–Kier alpha value is -1.41. The molecule has 1 aromatic carbocycles. The van der Waals surface area contributed by atoms with Gasteiger partial charge in [-0.15, -0.1) is 0 Å². The predicted octanol–water partition coefficient (Wildman–Crippen LogP) is 2.70. The van der Waals surface area contributed by atoms with Gasteiger partial charge in [0.05, 0.1) is 16.5 Å². The highest BCUT2D eigenvalue weighted by atomic mass is 35.5. The lowest BCUT2D eigenvalue weighted by atomic mass is 10.1. The summed E-state index contributed by atoms with van der Waals surface area (Å²) in [5.41, 5.74) is 0.331. The molecule has 122 valence electrons. The summed E-state index contributed by atoms with van der Waals surface area (Å²) >= 11 is 5.78. The summed E-state index contributed by atoms with van der Waals surface area (Å²) < 4.78 is 51.0. The number of carbonyl (C=O) groups excluding carboxylic acids is 1. The molecular formula is C13H14ClF2NO4S. The number of nitrogens with one attached hydrogen (secondary N) is 1. The van der Waals surface area contributed by atoms with Gasteiger partial charge in [-0.2, -0.15) is 8.78 Å². The van der Waals surface area contributed by atoms with Crippen LogP contribution in [0.2, 0.25) is 5.02 Å². The van der Waals surface area contributed by atoms with Crippen LogP contribution in [0.15, 0.2) is 18.2 Å². The van der Waals surface area contributed by atoms with E-state index in [0.717, 1.165) is 0 Å². The normalized spacial score (nSPS) is 20.1. The highest BCUT2D eigenvalue weighted by Crippen LogP contribution is 2.29. The van der Waals surface area contributed by atoms with Gasteiger partial charge in [-0.3, -0.25) is 4.79 Å². The minimum Gasteiger partial charge on any atom is -0.433 e. The molecule has 9 heteroatoms. The van der Waals surface area contributed by atoms with Crippen molar-refractivity contribution in [3.63, 3.8) is 0 Å². The van der Waals surface area contributed by atoms with Crippen LogP contribution < -0.4 is 10.1 Å². The molecule has 1 heterocycles. The van der Waals surface area contributed by atoms with Gasteiger partial charge >= 0.3 is 6.61 Å². The highest BCUT2D eigenvalue weighted by molar-refractivity contribution is 7.91. The number of halogens is 3. The smallest absolute Gasteiger partial charge is 0.387 e. The van der Waals surface area contributed by atoms with Crippen molar-refractivity contribution < 1.29 is 26.7 Å². The van der Waals surface area contributed by atoms with E-state index in [1.165, 1.54) is 18.2 Å². The first-order chi connectivity index (χ1) is 10.2. The van der Waals surface area contributed by atoms with Crippen LogP contribution in [0.1, 0.15) is 12.8 Å². The van der Waals surface area contributed by atoms with Crippen molar-refractivity contribution in [1.29, 1.82) is 0 Å². The molecule has 0 aliphatic carbocycles. The lowest BCUT2D eigenvalue weighted by molar-refractivity contribution is -0.116. The van der Waals surface area contributed by atoms with Gasteiger partial charge in [0.25, 0.3) is 0 Å². The van der Waals surface area contributed by atoms with E-state index >= 15 is 0 Å². The Labute approximate surface area is 131 Å². The standard InChI is InChI=1S/C13H14ClF2NO4S/c14-10-6-9(1-2-11(10)21-13(15)16)17-12(18)5-8-3-4-22(19,20)7-8/h1-2,6,8,13H,3-5,7H2,(H,17,18). The molecule has 0 aromatic heterocycles. The van der Waals surface area contributed by atoms with Crippen molar-refractivity contribution in [2.24, 2.45) is 5.92 Å². The molecule has 1 atom stereocenters. The maximum absolute atomic E-state index is 12.1. The summed E-state index contributed by atoms with van der Waals surface area (Å²) in [6.07, 6.45) is 0.559. The third-order valence-corrected chi connectivity index (χ3v) is 5.36. The molecule has 1 saturated heterocycles. The zero-order valence-corrected chi connectivity index (χ0v) is 13.0. The van der Waals surface area contributed by atoms with Gasteiger partial charge in [0.15, 0.2) is 9.84 Å². The third-order valence-electron chi connectivity index (χ3n) is 3.23. The van der Waals surface area contributed by atoms with E-state index in [-0.39, 0.29) is 40.5 Å². The molecule has 1 amide bonds. The number of sulfone groups is 1. The molecule has 1 N–H and O–H groups in total. The average molecular weight is 354 g/mol. The van der Waals surface area contributed by atoms with E-state index in [2.05, 4.69) is 10.1 Å². The highest BCUT2D eigenvalue weighted by Gasteiger charge is 2.29. The maximum atomic E-state index is 12.1. The van der Waals surface area contributed by atoms with Crippen molar-refractivity contribution in [2.45, 2.75) is 19.5 Å². The van der Waals surface area contributed by atoms with Crippen LogP contribution in [0, 0.1) is 5.92 Å². The van der Waals surface area contributed by atoms with Crippen LogP contribution in [0.4, 0.5) is 14.5 Å². The molecule has 5 nitrogen and oxygen atoms in total. The summed E-state index contributed by atoms with van der Waals surface area (Å²) in [6, 6.07) is 3.90. The summed E-state index contributed by atoms with van der Waals surface area (Å²) in [4.78, 5) is 11.9. The second-order valence-electron chi connectivity index (χ2n) is 5.05. The minimum absolute atomic E-state index is 0.0162. The zero-order valence-electron chi connectivity index (χ0n) is 11.4. The Balaban J connectivity index is 1.93. The first-order valence-corrected chi connectivity index (χ1v) is 8.70. The molecule has 0 saturated carbocycles. The molecule has 1 aliphatic rings. The van der Waals surface area contributed by atoms with Gasteiger partial charge in [0.1, 0.15) is 5.75 Å². The van der Waals surface area contributed by atoms with Gasteiger partial charge in [0, 0.05) is 12.1 Å². The summed E-state index contributed by atoms with van der Waals surface area (Å²) in [5, 5.41) is 2.50. The number of amides is 1. The number of anilines is 1. The molecule has 2 rings (SSSR count). The van der Waals surface area contributed by atoms with Gasteiger partial charge in [-0.1, -0.05) is 11.6 Å². The number of benzene rings is 1. The Bertz CT molecular complexity index is 666. The predicted molar refractivity (Wildman–Crippen MR) is 78.1 cm³/mol. The average Bonchev–Trinajstić information content (AvgIpc) is 2.71. The lowest BCUT2D eigenvalue weighted by Crippen LogP contribution is -2.17. The molecule has 22 heavy (non-hydrogen) atoms. The van der Waals surface area contributed by atoms with Crippen LogP contribution in [0.5, 0.6) is 5.75 Å². The number of carbonyl (C=O) groups is 1. The Kier molecular flexibility index (Phi) is 5.23. The van der Waals surface area contributed by atoms with E-state index < -0.39 is 16.4 Å². The molecule has 1 aromatic rings. The van der Waals surface area contributed by atoms with E-state index in [0.29, 0.717) is 12.1 Å². The minimum atomic E-state index is -3.03. The van der Waals surface area contributed by atoms with Gasteiger partial charge in [0.2, 0.25) is 5.91 Å². The van der Waals surface area contributed by atoms with E-state index in [9.17, 15) is 22.0 Å². The monoisotopic (exact) mass is 353 g/mol.